The molecule has 0 bridgehead atoms. The van der Waals surface area contributed by atoms with Crippen LogP contribution in [-0.2, 0) is 11.8 Å². The van der Waals surface area contributed by atoms with Crippen LogP contribution >= 0.6 is 0 Å². The molecule has 0 N–H and O–H groups in total. The largest absolute Gasteiger partial charge is 0.461 e. The summed E-state index contributed by atoms with van der Waals surface area (Å²) >= 11 is 0. The molecule has 1 aromatic heterocycles. The molecule has 0 aliphatic heterocycles. The molecule has 0 aliphatic carbocycles. The maximum absolute atomic E-state index is 11.7. The van der Waals surface area contributed by atoms with E-state index in [0.29, 0.717) is 17.8 Å². The predicted octanol–water partition coefficient (Wildman–Crippen LogP) is 2.26. The number of rotatable bonds is 3. The highest BCUT2D eigenvalue weighted by atomic mass is 16.6. The van der Waals surface area contributed by atoms with E-state index in [1.54, 1.807) is 30.7 Å². The molecule has 1 aromatic carbocycles. The van der Waals surface area contributed by atoms with Gasteiger partial charge in [0.15, 0.2) is 0 Å². The quantitative estimate of drug-likeness (QED) is 0.474. The molecule has 1 heterocycles. The molecular formula is C12H12N2O4. The van der Waals surface area contributed by atoms with Crippen LogP contribution in [0, 0.1) is 10.1 Å². The van der Waals surface area contributed by atoms with Crippen molar-refractivity contribution >= 4 is 22.6 Å². The van der Waals surface area contributed by atoms with Crippen molar-refractivity contribution in [2.24, 2.45) is 7.05 Å². The van der Waals surface area contributed by atoms with Crippen molar-refractivity contribution in [1.82, 2.24) is 4.57 Å². The van der Waals surface area contributed by atoms with Gasteiger partial charge in [-0.2, -0.15) is 0 Å². The molecule has 2 aromatic rings. The van der Waals surface area contributed by atoms with Crippen molar-refractivity contribution in [1.29, 1.82) is 0 Å². The van der Waals surface area contributed by atoms with E-state index >= 15 is 0 Å². The summed E-state index contributed by atoms with van der Waals surface area (Å²) in [6, 6.07) is 6.14. The first kappa shape index (κ1) is 12.1. The van der Waals surface area contributed by atoms with Crippen LogP contribution in [0.1, 0.15) is 17.4 Å². The number of carbonyl (C=O) groups excluding carboxylic acids is 1. The van der Waals surface area contributed by atoms with E-state index in [1.165, 1.54) is 12.1 Å². The van der Waals surface area contributed by atoms with Gasteiger partial charge in [0.2, 0.25) is 0 Å². The lowest BCUT2D eigenvalue weighted by atomic mass is 10.2. The highest BCUT2D eigenvalue weighted by Crippen LogP contribution is 2.24. The second kappa shape index (κ2) is 4.48. The third-order valence-corrected chi connectivity index (χ3v) is 2.72. The van der Waals surface area contributed by atoms with Crippen LogP contribution < -0.4 is 0 Å². The predicted molar refractivity (Wildman–Crippen MR) is 65.5 cm³/mol. The Morgan fingerprint density at radius 1 is 1.44 bits per heavy atom. The first-order valence-electron chi connectivity index (χ1n) is 5.45. The lowest BCUT2D eigenvalue weighted by Crippen LogP contribution is -2.09. The molecule has 0 saturated heterocycles. The number of benzene rings is 1. The lowest BCUT2D eigenvalue weighted by molar-refractivity contribution is -0.384. The van der Waals surface area contributed by atoms with Crippen LogP contribution in [0.3, 0.4) is 0 Å². The normalized spacial score (nSPS) is 10.6. The van der Waals surface area contributed by atoms with Gasteiger partial charge >= 0.3 is 5.97 Å². The summed E-state index contributed by atoms with van der Waals surface area (Å²) in [6.45, 7) is 2.02. The van der Waals surface area contributed by atoms with Crippen LogP contribution in [0.25, 0.3) is 10.9 Å². The molecule has 2 rings (SSSR count). The van der Waals surface area contributed by atoms with E-state index in [0.717, 1.165) is 5.39 Å². The number of carbonyl (C=O) groups is 1. The molecule has 0 spiro atoms. The summed E-state index contributed by atoms with van der Waals surface area (Å²) in [5.74, 6) is -0.432. The summed E-state index contributed by atoms with van der Waals surface area (Å²) in [4.78, 5) is 21.9. The van der Waals surface area contributed by atoms with Crippen LogP contribution in [0.4, 0.5) is 5.69 Å². The molecular weight excluding hydrogens is 236 g/mol. The summed E-state index contributed by atoms with van der Waals surface area (Å²) in [7, 11) is 1.68. The number of nitrogens with zero attached hydrogens (tertiary/aromatic N) is 2. The summed E-state index contributed by atoms with van der Waals surface area (Å²) < 4.78 is 6.52. The number of nitro benzene ring substituents is 1. The van der Waals surface area contributed by atoms with E-state index in [9.17, 15) is 14.9 Å². The highest BCUT2D eigenvalue weighted by Gasteiger charge is 2.16. The van der Waals surface area contributed by atoms with Gasteiger partial charge in [-0.25, -0.2) is 4.79 Å². The minimum atomic E-state index is -0.462. The SMILES string of the molecule is CCOC(=O)c1cc2ccc([N+](=O)[O-])cc2n1C. The van der Waals surface area contributed by atoms with Gasteiger partial charge in [0.1, 0.15) is 5.69 Å². The zero-order valence-corrected chi connectivity index (χ0v) is 10.0. The van der Waals surface area contributed by atoms with Crippen molar-refractivity contribution in [3.63, 3.8) is 0 Å². The molecule has 94 valence electrons. The minimum absolute atomic E-state index is 0.000825. The molecule has 0 saturated carbocycles. The van der Waals surface area contributed by atoms with E-state index in [1.807, 2.05) is 0 Å². The smallest absolute Gasteiger partial charge is 0.354 e. The summed E-state index contributed by atoms with van der Waals surface area (Å²) in [5.41, 5.74) is 1.01. The number of aromatic nitrogens is 1. The first-order valence-corrected chi connectivity index (χ1v) is 5.45. The number of fused-ring (bicyclic) bond motifs is 1. The third kappa shape index (κ3) is 1.92. The number of ether oxygens (including phenoxy) is 1. The maximum Gasteiger partial charge on any atom is 0.354 e. The van der Waals surface area contributed by atoms with Crippen LogP contribution in [0.15, 0.2) is 24.3 Å². The van der Waals surface area contributed by atoms with E-state index in [4.69, 9.17) is 4.74 Å². The summed E-state index contributed by atoms with van der Waals surface area (Å²) in [5, 5.41) is 11.5. The summed E-state index contributed by atoms with van der Waals surface area (Å²) in [6.07, 6.45) is 0. The lowest BCUT2D eigenvalue weighted by Gasteiger charge is -2.03. The van der Waals surface area contributed by atoms with E-state index < -0.39 is 10.9 Å². The minimum Gasteiger partial charge on any atom is -0.461 e. The van der Waals surface area contributed by atoms with E-state index in [2.05, 4.69) is 0 Å². The molecule has 0 radical (unpaired) electrons. The van der Waals surface area contributed by atoms with Gasteiger partial charge in [-0.15, -0.1) is 0 Å². The molecule has 18 heavy (non-hydrogen) atoms. The topological polar surface area (TPSA) is 74.4 Å². The number of hydrogen-bond donors (Lipinski definition) is 0. The van der Waals surface area contributed by atoms with Crippen LogP contribution in [-0.4, -0.2) is 22.1 Å². The van der Waals surface area contributed by atoms with E-state index in [-0.39, 0.29) is 5.69 Å². The zero-order chi connectivity index (χ0) is 13.3. The Morgan fingerprint density at radius 2 is 2.17 bits per heavy atom. The maximum atomic E-state index is 11.7. The fourth-order valence-corrected chi connectivity index (χ4v) is 1.83. The van der Waals surface area contributed by atoms with Gasteiger partial charge in [-0.1, -0.05) is 0 Å². The molecule has 0 aliphatic rings. The highest BCUT2D eigenvalue weighted by molar-refractivity contribution is 5.96. The average molecular weight is 248 g/mol. The first-order chi connectivity index (χ1) is 8.54. The number of nitro groups is 1. The van der Waals surface area contributed by atoms with Gasteiger partial charge in [0, 0.05) is 24.6 Å². The molecule has 0 atom stereocenters. The Kier molecular flexibility index (Phi) is 3.01. The Bertz CT molecular complexity index is 630. The van der Waals surface area contributed by atoms with Gasteiger partial charge in [0.25, 0.3) is 5.69 Å². The van der Waals surface area contributed by atoms with Gasteiger partial charge in [-0.3, -0.25) is 10.1 Å². The van der Waals surface area contributed by atoms with Crippen molar-refractivity contribution in [3.05, 3.63) is 40.1 Å². The Balaban J connectivity index is 2.56. The third-order valence-electron chi connectivity index (χ3n) is 2.72. The van der Waals surface area contributed by atoms with Gasteiger partial charge in [0.05, 0.1) is 17.0 Å². The molecule has 0 unspecified atom stereocenters. The molecule has 6 heteroatoms. The number of non-ortho nitro benzene ring substituents is 1. The van der Waals surface area contributed by atoms with Crippen LogP contribution in [0.2, 0.25) is 0 Å². The molecule has 0 amide bonds. The van der Waals surface area contributed by atoms with Crippen molar-refractivity contribution in [2.45, 2.75) is 6.92 Å². The van der Waals surface area contributed by atoms with Crippen molar-refractivity contribution in [3.8, 4) is 0 Å². The standard InChI is InChI=1S/C12H12N2O4/c1-3-18-12(15)11-6-8-4-5-9(14(16)17)7-10(8)13(11)2/h4-7H,3H2,1-2H3. The Morgan fingerprint density at radius 3 is 2.78 bits per heavy atom. The molecule has 0 fully saturated rings. The monoisotopic (exact) mass is 248 g/mol. The fourth-order valence-electron chi connectivity index (χ4n) is 1.83. The van der Waals surface area contributed by atoms with Crippen molar-refractivity contribution in [2.75, 3.05) is 6.61 Å². The van der Waals surface area contributed by atoms with Gasteiger partial charge < -0.3 is 9.30 Å². The van der Waals surface area contributed by atoms with Crippen molar-refractivity contribution < 1.29 is 14.5 Å². The van der Waals surface area contributed by atoms with Crippen LogP contribution in [0.5, 0.6) is 0 Å². The van der Waals surface area contributed by atoms with Gasteiger partial charge in [-0.05, 0) is 19.1 Å². The number of hydrogen-bond acceptors (Lipinski definition) is 4. The average Bonchev–Trinajstić information content (AvgIpc) is 2.67. The second-order valence-electron chi connectivity index (χ2n) is 3.81. The second-order valence-corrected chi connectivity index (χ2v) is 3.81. The molecule has 6 nitrogen and oxygen atoms in total. The Hall–Kier alpha value is -2.37. The zero-order valence-electron chi connectivity index (χ0n) is 10.0. The fraction of sp³-hybridized carbons (Fsp3) is 0.250. The number of aryl methyl sites for hydroxylation is 1. The Labute approximate surface area is 103 Å². The number of esters is 1.